The molecule has 0 bridgehead atoms. The van der Waals surface area contributed by atoms with E-state index in [0.717, 1.165) is 11.1 Å². The maximum atomic E-state index is 12.8. The third kappa shape index (κ3) is 3.47. The van der Waals surface area contributed by atoms with Crippen molar-refractivity contribution in [1.82, 2.24) is 0 Å². The molecule has 0 heterocycles. The molecule has 3 aromatic carbocycles. The van der Waals surface area contributed by atoms with Gasteiger partial charge in [-0.1, -0.05) is 59.7 Å². The second-order valence-corrected chi connectivity index (χ2v) is 6.68. The number of carbonyl (C=O) groups excluding carboxylic acids is 2. The number of hydrogen-bond donors (Lipinski definition) is 2. The molecule has 0 aliphatic carbocycles. The van der Waals surface area contributed by atoms with Crippen molar-refractivity contribution in [2.75, 3.05) is 0 Å². The second kappa shape index (κ2) is 7.08. The molecular weight excluding hydrogens is 340 g/mol. The number of carbonyl (C=O) groups is 2. The van der Waals surface area contributed by atoms with Gasteiger partial charge in [-0.25, -0.2) is 0 Å². The van der Waals surface area contributed by atoms with Crippen LogP contribution in [0.1, 0.15) is 48.5 Å². The molecule has 0 aromatic heterocycles. The first-order valence-electron chi connectivity index (χ1n) is 8.58. The van der Waals surface area contributed by atoms with Gasteiger partial charge < -0.3 is 10.2 Å². The Morgan fingerprint density at radius 1 is 0.630 bits per heavy atom. The first-order valence-corrected chi connectivity index (χ1v) is 8.58. The molecule has 0 spiro atoms. The molecule has 136 valence electrons. The van der Waals surface area contributed by atoms with Crippen molar-refractivity contribution in [2.24, 2.45) is 0 Å². The van der Waals surface area contributed by atoms with Gasteiger partial charge in [0.05, 0.1) is 11.1 Å². The summed E-state index contributed by atoms with van der Waals surface area (Å²) in [5.74, 6) is -1.46. The summed E-state index contributed by atoms with van der Waals surface area (Å²) in [5, 5.41) is 20.8. The Balaban J connectivity index is 2.11. The Morgan fingerprint density at radius 2 is 0.963 bits per heavy atom. The Hall–Kier alpha value is -3.40. The van der Waals surface area contributed by atoms with Crippen molar-refractivity contribution in [2.45, 2.75) is 20.8 Å². The maximum Gasteiger partial charge on any atom is 0.196 e. The minimum absolute atomic E-state index is 0.00962. The smallest absolute Gasteiger partial charge is 0.196 e. The molecule has 3 aromatic rings. The number of benzene rings is 3. The lowest BCUT2D eigenvalue weighted by molar-refractivity contribution is 0.103. The van der Waals surface area contributed by atoms with Crippen LogP contribution in [0.5, 0.6) is 11.5 Å². The molecule has 4 nitrogen and oxygen atoms in total. The molecular formula is C23H20O4. The molecule has 0 fully saturated rings. The standard InChI is InChI=1S/C23H20O4/c1-13-4-8-16(9-5-13)22(26)18-12-19(21(25)15(3)20(18)24)23(27)17-10-6-14(2)7-11-17/h4-12,24-25H,1-3H3. The zero-order valence-corrected chi connectivity index (χ0v) is 15.4. The van der Waals surface area contributed by atoms with Crippen molar-refractivity contribution in [3.05, 3.63) is 93.5 Å². The van der Waals surface area contributed by atoms with Crippen molar-refractivity contribution in [3.63, 3.8) is 0 Å². The zero-order valence-electron chi connectivity index (χ0n) is 15.4. The van der Waals surface area contributed by atoms with E-state index >= 15 is 0 Å². The molecule has 0 aliphatic heterocycles. The minimum Gasteiger partial charge on any atom is -0.507 e. The van der Waals surface area contributed by atoms with Gasteiger partial charge in [0.2, 0.25) is 0 Å². The van der Waals surface area contributed by atoms with E-state index in [1.54, 1.807) is 48.5 Å². The van der Waals surface area contributed by atoms with Gasteiger partial charge in [0.25, 0.3) is 0 Å². The Labute approximate surface area is 157 Å². The van der Waals surface area contributed by atoms with Crippen LogP contribution in [0.4, 0.5) is 0 Å². The number of hydrogen-bond acceptors (Lipinski definition) is 4. The number of aromatic hydroxyl groups is 2. The molecule has 27 heavy (non-hydrogen) atoms. The van der Waals surface area contributed by atoms with Gasteiger partial charge in [0, 0.05) is 16.7 Å². The van der Waals surface area contributed by atoms with E-state index in [2.05, 4.69) is 0 Å². The summed E-state index contributed by atoms with van der Waals surface area (Å²) >= 11 is 0. The lowest BCUT2D eigenvalue weighted by atomic mass is 9.93. The Morgan fingerprint density at radius 3 is 1.30 bits per heavy atom. The normalized spacial score (nSPS) is 10.6. The van der Waals surface area contributed by atoms with Crippen LogP contribution in [0, 0.1) is 20.8 Å². The maximum absolute atomic E-state index is 12.8. The van der Waals surface area contributed by atoms with Gasteiger partial charge in [-0.05, 0) is 26.8 Å². The van der Waals surface area contributed by atoms with Gasteiger partial charge in [-0.3, -0.25) is 9.59 Å². The number of rotatable bonds is 4. The topological polar surface area (TPSA) is 74.6 Å². The minimum atomic E-state index is -0.409. The second-order valence-electron chi connectivity index (χ2n) is 6.68. The van der Waals surface area contributed by atoms with Crippen LogP contribution in [0.3, 0.4) is 0 Å². The predicted octanol–water partition coefficient (Wildman–Crippen LogP) is 4.49. The van der Waals surface area contributed by atoms with E-state index in [9.17, 15) is 19.8 Å². The molecule has 0 saturated heterocycles. The van der Waals surface area contributed by atoms with Crippen LogP contribution in [0.15, 0.2) is 54.6 Å². The molecule has 4 heteroatoms. The highest BCUT2D eigenvalue weighted by molar-refractivity contribution is 6.16. The highest BCUT2D eigenvalue weighted by atomic mass is 16.3. The zero-order chi connectivity index (χ0) is 19.7. The highest BCUT2D eigenvalue weighted by Crippen LogP contribution is 2.35. The molecule has 2 N–H and O–H groups in total. The van der Waals surface area contributed by atoms with Crippen LogP contribution in [-0.4, -0.2) is 21.8 Å². The lowest BCUT2D eigenvalue weighted by Crippen LogP contribution is -2.08. The van der Waals surface area contributed by atoms with Crippen molar-refractivity contribution >= 4 is 11.6 Å². The molecule has 0 saturated carbocycles. The molecule has 0 unspecified atom stereocenters. The average Bonchev–Trinajstić information content (AvgIpc) is 2.66. The van der Waals surface area contributed by atoms with Gasteiger partial charge >= 0.3 is 0 Å². The van der Waals surface area contributed by atoms with E-state index < -0.39 is 11.6 Å². The van der Waals surface area contributed by atoms with Gasteiger partial charge in [0.15, 0.2) is 11.6 Å². The third-order valence-electron chi connectivity index (χ3n) is 4.63. The molecule has 0 amide bonds. The van der Waals surface area contributed by atoms with E-state index in [1.165, 1.54) is 13.0 Å². The van der Waals surface area contributed by atoms with Crippen molar-refractivity contribution < 1.29 is 19.8 Å². The number of phenolic OH excluding ortho intramolecular Hbond substituents is 2. The highest BCUT2D eigenvalue weighted by Gasteiger charge is 2.24. The lowest BCUT2D eigenvalue weighted by Gasteiger charge is -2.13. The fraction of sp³-hybridized carbons (Fsp3) is 0.130. The molecule has 0 atom stereocenters. The SMILES string of the molecule is Cc1ccc(C(=O)c2cc(C(=O)c3ccc(C)cc3)c(O)c(C)c2O)cc1. The van der Waals surface area contributed by atoms with E-state index in [0.29, 0.717) is 11.1 Å². The van der Waals surface area contributed by atoms with Gasteiger partial charge in [-0.15, -0.1) is 0 Å². The Bertz CT molecular complexity index is 948. The first-order chi connectivity index (χ1) is 12.8. The summed E-state index contributed by atoms with van der Waals surface area (Å²) in [5.41, 5.74) is 2.89. The van der Waals surface area contributed by atoms with Gasteiger partial charge in [0.1, 0.15) is 11.5 Å². The van der Waals surface area contributed by atoms with Gasteiger partial charge in [-0.2, -0.15) is 0 Å². The average molecular weight is 360 g/mol. The summed E-state index contributed by atoms with van der Waals surface area (Å²) in [6.45, 7) is 5.30. The summed E-state index contributed by atoms with van der Waals surface area (Å²) < 4.78 is 0. The quantitative estimate of drug-likeness (QED) is 0.673. The number of aryl methyl sites for hydroxylation is 2. The predicted molar refractivity (Wildman–Crippen MR) is 104 cm³/mol. The third-order valence-corrected chi connectivity index (χ3v) is 4.63. The fourth-order valence-corrected chi connectivity index (χ4v) is 2.86. The summed E-state index contributed by atoms with van der Waals surface area (Å²) in [6.07, 6.45) is 0. The summed E-state index contributed by atoms with van der Waals surface area (Å²) in [7, 11) is 0. The summed E-state index contributed by atoms with van der Waals surface area (Å²) in [6, 6.07) is 15.1. The fourth-order valence-electron chi connectivity index (χ4n) is 2.86. The largest absolute Gasteiger partial charge is 0.507 e. The van der Waals surface area contributed by atoms with E-state index in [4.69, 9.17) is 0 Å². The molecule has 0 aliphatic rings. The van der Waals surface area contributed by atoms with Crippen LogP contribution in [0.2, 0.25) is 0 Å². The number of phenols is 2. The van der Waals surface area contributed by atoms with Crippen LogP contribution in [0.25, 0.3) is 0 Å². The van der Waals surface area contributed by atoms with Crippen molar-refractivity contribution in [1.29, 1.82) is 0 Å². The Kier molecular flexibility index (Phi) is 4.82. The van der Waals surface area contributed by atoms with Crippen molar-refractivity contribution in [3.8, 4) is 11.5 Å². The van der Waals surface area contributed by atoms with Crippen LogP contribution >= 0.6 is 0 Å². The van der Waals surface area contributed by atoms with E-state index in [-0.39, 0.29) is 28.2 Å². The molecule has 0 radical (unpaired) electrons. The van der Waals surface area contributed by atoms with Crippen LogP contribution in [-0.2, 0) is 0 Å². The molecule has 3 rings (SSSR count). The number of ketones is 2. The summed E-state index contributed by atoms with van der Waals surface area (Å²) in [4.78, 5) is 25.7. The monoisotopic (exact) mass is 360 g/mol. The first kappa shape index (κ1) is 18.4. The van der Waals surface area contributed by atoms with E-state index in [1.807, 2.05) is 13.8 Å². The van der Waals surface area contributed by atoms with Crippen LogP contribution < -0.4 is 0 Å².